The second-order valence-corrected chi connectivity index (χ2v) is 7.33. The second-order valence-electron chi connectivity index (χ2n) is 7.33. The van der Waals surface area contributed by atoms with E-state index in [0.717, 1.165) is 31.2 Å². The Labute approximate surface area is 149 Å². The number of rotatable bonds is 7. The molecule has 1 saturated carbocycles. The Morgan fingerprint density at radius 3 is 2.80 bits per heavy atom. The van der Waals surface area contributed by atoms with Crippen LogP contribution in [0.25, 0.3) is 6.08 Å². The summed E-state index contributed by atoms with van der Waals surface area (Å²) >= 11 is 0. The van der Waals surface area contributed by atoms with Crippen molar-refractivity contribution < 1.29 is 9.90 Å². The van der Waals surface area contributed by atoms with Gasteiger partial charge < -0.3 is 15.3 Å². The molecule has 0 unspecified atom stereocenters. The molecule has 0 bridgehead atoms. The number of carbonyl (C=O) groups is 1. The zero-order valence-corrected chi connectivity index (χ0v) is 14.9. The van der Waals surface area contributed by atoms with Crippen LogP contribution in [0, 0.1) is 5.92 Å². The highest BCUT2D eigenvalue weighted by molar-refractivity contribution is 5.91. The Bertz CT molecular complexity index is 608. The van der Waals surface area contributed by atoms with E-state index in [4.69, 9.17) is 5.11 Å². The monoisotopic (exact) mass is 344 g/mol. The maximum absolute atomic E-state index is 10.8. The number of hydrogen-bond acceptors (Lipinski definition) is 5. The van der Waals surface area contributed by atoms with Crippen LogP contribution in [0.5, 0.6) is 0 Å². The van der Waals surface area contributed by atoms with Gasteiger partial charge in [0.05, 0.1) is 18.1 Å². The molecule has 1 saturated heterocycles. The topological polar surface area (TPSA) is 78.4 Å². The number of nitrogens with zero attached hydrogens (tertiary/aromatic N) is 3. The van der Waals surface area contributed by atoms with Gasteiger partial charge in [-0.25, -0.2) is 9.78 Å². The molecule has 25 heavy (non-hydrogen) atoms. The van der Waals surface area contributed by atoms with Gasteiger partial charge in [-0.15, -0.1) is 0 Å². The number of aliphatic carboxylic acids is 1. The van der Waals surface area contributed by atoms with Crippen molar-refractivity contribution in [3.63, 3.8) is 0 Å². The lowest BCUT2D eigenvalue weighted by Gasteiger charge is -2.19. The molecular weight excluding hydrogens is 316 g/mol. The van der Waals surface area contributed by atoms with Gasteiger partial charge in [0.1, 0.15) is 5.82 Å². The summed E-state index contributed by atoms with van der Waals surface area (Å²) in [4.78, 5) is 22.0. The Kier molecular flexibility index (Phi) is 6.02. The highest BCUT2D eigenvalue weighted by atomic mass is 16.4. The van der Waals surface area contributed by atoms with Gasteiger partial charge in [-0.3, -0.25) is 4.98 Å². The van der Waals surface area contributed by atoms with E-state index in [1.54, 1.807) is 19.3 Å². The zero-order chi connectivity index (χ0) is 17.6. The summed E-state index contributed by atoms with van der Waals surface area (Å²) in [5.74, 6) is 0.771. The van der Waals surface area contributed by atoms with Gasteiger partial charge in [-0.2, -0.15) is 0 Å². The molecule has 6 nitrogen and oxygen atoms in total. The van der Waals surface area contributed by atoms with Gasteiger partial charge in [0.15, 0.2) is 0 Å². The number of anilines is 1. The van der Waals surface area contributed by atoms with Gasteiger partial charge in [0.25, 0.3) is 0 Å². The lowest BCUT2D eigenvalue weighted by Crippen LogP contribution is -2.28. The largest absolute Gasteiger partial charge is 0.478 e. The predicted molar refractivity (Wildman–Crippen MR) is 98.4 cm³/mol. The van der Waals surface area contributed by atoms with E-state index in [9.17, 15) is 4.79 Å². The number of nitrogens with one attached hydrogen (secondary N) is 1. The van der Waals surface area contributed by atoms with E-state index in [0.29, 0.717) is 11.7 Å². The molecule has 2 aliphatic rings. The molecule has 2 heterocycles. The third-order valence-electron chi connectivity index (χ3n) is 5.33. The maximum Gasteiger partial charge on any atom is 0.331 e. The Balaban J connectivity index is 1.45. The van der Waals surface area contributed by atoms with Crippen molar-refractivity contribution in [2.24, 2.45) is 5.92 Å². The van der Waals surface area contributed by atoms with E-state index in [-0.39, 0.29) is 5.57 Å². The van der Waals surface area contributed by atoms with E-state index >= 15 is 0 Å². The summed E-state index contributed by atoms with van der Waals surface area (Å²) < 4.78 is 0. The summed E-state index contributed by atoms with van der Waals surface area (Å²) in [6, 6.07) is 0.417. The molecule has 1 atom stereocenters. The molecule has 136 valence electrons. The van der Waals surface area contributed by atoms with Crippen molar-refractivity contribution >= 4 is 17.9 Å². The third kappa shape index (κ3) is 5.26. The van der Waals surface area contributed by atoms with Gasteiger partial charge in [0.2, 0.25) is 0 Å². The van der Waals surface area contributed by atoms with E-state index < -0.39 is 5.97 Å². The van der Waals surface area contributed by atoms with Crippen LogP contribution in [0.15, 0.2) is 18.0 Å². The number of likely N-dealkylation sites (tertiary alicyclic amines) is 1. The second kappa shape index (κ2) is 8.43. The number of carboxylic acids is 1. The molecular formula is C19H28N4O2. The molecule has 1 aromatic rings. The van der Waals surface area contributed by atoms with Crippen molar-refractivity contribution in [2.75, 3.05) is 25.0 Å². The van der Waals surface area contributed by atoms with Gasteiger partial charge in [-0.05, 0) is 38.3 Å². The van der Waals surface area contributed by atoms with Crippen LogP contribution < -0.4 is 5.32 Å². The average Bonchev–Trinajstić information content (AvgIpc) is 3.26. The Hall–Kier alpha value is -1.95. The van der Waals surface area contributed by atoms with Crippen molar-refractivity contribution in [1.29, 1.82) is 0 Å². The normalized spacial score (nSPS) is 22.4. The Morgan fingerprint density at radius 1 is 1.32 bits per heavy atom. The van der Waals surface area contributed by atoms with Crippen molar-refractivity contribution in [3.05, 3.63) is 23.7 Å². The molecule has 0 radical (unpaired) electrons. The van der Waals surface area contributed by atoms with Gasteiger partial charge >= 0.3 is 5.97 Å². The SMILES string of the molecule is CC(=Cc1cnc(N[C@@H]2CCN(CCC3CCCC3)C2)cn1)C(=O)O. The molecule has 0 amide bonds. The number of hydrogen-bond donors (Lipinski definition) is 2. The minimum Gasteiger partial charge on any atom is -0.478 e. The maximum atomic E-state index is 10.8. The zero-order valence-electron chi connectivity index (χ0n) is 14.9. The lowest BCUT2D eigenvalue weighted by atomic mass is 10.0. The summed E-state index contributed by atoms with van der Waals surface area (Å²) in [5, 5.41) is 12.3. The molecule has 1 aliphatic carbocycles. The summed E-state index contributed by atoms with van der Waals surface area (Å²) in [5.41, 5.74) is 0.818. The molecule has 1 aliphatic heterocycles. The minimum absolute atomic E-state index is 0.253. The van der Waals surface area contributed by atoms with Crippen molar-refractivity contribution in [1.82, 2.24) is 14.9 Å². The van der Waals surface area contributed by atoms with Crippen LogP contribution in [0.2, 0.25) is 0 Å². The summed E-state index contributed by atoms with van der Waals surface area (Å²) in [6.07, 6.45) is 13.0. The first-order chi connectivity index (χ1) is 12.1. The molecule has 0 aromatic carbocycles. The van der Waals surface area contributed by atoms with E-state index in [1.807, 2.05) is 0 Å². The van der Waals surface area contributed by atoms with Crippen LogP contribution in [-0.4, -0.2) is 51.6 Å². The highest BCUT2D eigenvalue weighted by Crippen LogP contribution is 2.28. The van der Waals surface area contributed by atoms with Gasteiger partial charge in [0, 0.05) is 24.7 Å². The number of aromatic nitrogens is 2. The number of carboxylic acid groups (broad SMARTS) is 1. The van der Waals surface area contributed by atoms with E-state index in [1.165, 1.54) is 44.7 Å². The molecule has 2 N–H and O–H groups in total. The first kappa shape index (κ1) is 17.9. The summed E-state index contributed by atoms with van der Waals surface area (Å²) in [6.45, 7) is 4.98. The highest BCUT2D eigenvalue weighted by Gasteiger charge is 2.24. The van der Waals surface area contributed by atoms with Crippen molar-refractivity contribution in [3.8, 4) is 0 Å². The fourth-order valence-electron chi connectivity index (χ4n) is 3.80. The van der Waals surface area contributed by atoms with Crippen LogP contribution in [-0.2, 0) is 4.79 Å². The fourth-order valence-corrected chi connectivity index (χ4v) is 3.80. The summed E-state index contributed by atoms with van der Waals surface area (Å²) in [7, 11) is 0. The molecule has 2 fully saturated rings. The van der Waals surface area contributed by atoms with Crippen LogP contribution in [0.1, 0.15) is 51.1 Å². The average molecular weight is 344 g/mol. The molecule has 0 spiro atoms. The molecule has 6 heteroatoms. The smallest absolute Gasteiger partial charge is 0.331 e. The quantitative estimate of drug-likeness (QED) is 0.740. The minimum atomic E-state index is -0.937. The Morgan fingerprint density at radius 2 is 2.12 bits per heavy atom. The lowest BCUT2D eigenvalue weighted by molar-refractivity contribution is -0.132. The molecule has 1 aromatic heterocycles. The van der Waals surface area contributed by atoms with E-state index in [2.05, 4.69) is 20.2 Å². The third-order valence-corrected chi connectivity index (χ3v) is 5.33. The van der Waals surface area contributed by atoms with Gasteiger partial charge in [-0.1, -0.05) is 25.7 Å². The first-order valence-corrected chi connectivity index (χ1v) is 9.32. The van der Waals surface area contributed by atoms with Crippen molar-refractivity contribution in [2.45, 2.75) is 51.5 Å². The molecule has 3 rings (SSSR count). The fraction of sp³-hybridized carbons (Fsp3) is 0.632. The predicted octanol–water partition coefficient (Wildman–Crippen LogP) is 3.03. The van der Waals surface area contributed by atoms with Crippen LogP contribution >= 0.6 is 0 Å². The standard InChI is InChI=1S/C19H28N4O2/c1-14(19(24)25)10-17-11-21-18(12-20-17)22-16-7-9-23(13-16)8-6-15-4-2-3-5-15/h10-12,15-16H,2-9,13H2,1H3,(H,21,22)(H,24,25)/t16-/m1/s1. The van der Waals surface area contributed by atoms with Crippen LogP contribution in [0.4, 0.5) is 5.82 Å². The van der Waals surface area contributed by atoms with Crippen LogP contribution in [0.3, 0.4) is 0 Å². The first-order valence-electron chi connectivity index (χ1n) is 9.32.